The fraction of sp³-hybridized carbons (Fsp3) is 0.0714. The summed E-state index contributed by atoms with van der Waals surface area (Å²) in [5.74, 6) is 0. The van der Waals surface area contributed by atoms with Crippen molar-refractivity contribution in [1.29, 1.82) is 0 Å². The lowest BCUT2D eigenvalue weighted by Crippen LogP contribution is -2.17. The number of aromatic amines is 1. The number of benzene rings is 2. The van der Waals surface area contributed by atoms with Crippen LogP contribution in [0.5, 0.6) is 0 Å². The van der Waals surface area contributed by atoms with E-state index in [4.69, 9.17) is 23.2 Å². The van der Waals surface area contributed by atoms with Gasteiger partial charge in [-0.05, 0) is 35.9 Å². The monoisotopic (exact) mass is 292 g/mol. The third-order valence-corrected chi connectivity index (χ3v) is 3.44. The van der Waals surface area contributed by atoms with Crippen LogP contribution in [0.4, 0.5) is 0 Å². The highest BCUT2D eigenvalue weighted by Crippen LogP contribution is 2.18. The van der Waals surface area contributed by atoms with E-state index in [1.54, 1.807) is 28.8 Å². The van der Waals surface area contributed by atoms with Crippen molar-refractivity contribution >= 4 is 34.2 Å². The molecule has 0 spiro atoms. The van der Waals surface area contributed by atoms with Gasteiger partial charge in [-0.1, -0.05) is 35.3 Å². The van der Waals surface area contributed by atoms with Gasteiger partial charge in [0.25, 0.3) is 0 Å². The minimum atomic E-state index is -0.155. The summed E-state index contributed by atoms with van der Waals surface area (Å²) in [4.78, 5) is 14.8. The molecule has 1 aromatic heterocycles. The Kier molecular flexibility index (Phi) is 3.09. The van der Waals surface area contributed by atoms with Crippen LogP contribution in [0.3, 0.4) is 0 Å². The number of hydrogen-bond acceptors (Lipinski definition) is 1. The van der Waals surface area contributed by atoms with Gasteiger partial charge in [0.15, 0.2) is 0 Å². The van der Waals surface area contributed by atoms with Gasteiger partial charge in [-0.25, -0.2) is 4.79 Å². The minimum Gasteiger partial charge on any atom is -0.306 e. The standard InChI is InChI=1S/C14H10Cl2N2O/c15-10-3-1-2-9(6-10)8-18-13-7-11(16)4-5-12(13)17-14(18)19/h1-7H,8H2,(H,17,19). The van der Waals surface area contributed by atoms with Crippen molar-refractivity contribution in [2.24, 2.45) is 0 Å². The van der Waals surface area contributed by atoms with Gasteiger partial charge in [-0.2, -0.15) is 0 Å². The van der Waals surface area contributed by atoms with Crippen molar-refractivity contribution in [1.82, 2.24) is 9.55 Å². The van der Waals surface area contributed by atoms with Crippen molar-refractivity contribution in [2.45, 2.75) is 6.54 Å². The SMILES string of the molecule is O=c1[nH]c2ccc(Cl)cc2n1Cc1cccc(Cl)c1. The Hall–Kier alpha value is -1.71. The summed E-state index contributed by atoms with van der Waals surface area (Å²) < 4.78 is 1.65. The first-order chi connectivity index (χ1) is 9.13. The zero-order valence-corrected chi connectivity index (χ0v) is 11.4. The number of hydrogen-bond donors (Lipinski definition) is 1. The van der Waals surface area contributed by atoms with Crippen LogP contribution in [0.25, 0.3) is 11.0 Å². The van der Waals surface area contributed by atoms with E-state index in [2.05, 4.69) is 4.98 Å². The number of fused-ring (bicyclic) bond motifs is 1. The van der Waals surface area contributed by atoms with Gasteiger partial charge in [0.2, 0.25) is 0 Å². The van der Waals surface area contributed by atoms with E-state index in [0.29, 0.717) is 16.6 Å². The lowest BCUT2D eigenvalue weighted by Gasteiger charge is -2.04. The maximum absolute atomic E-state index is 12.0. The van der Waals surface area contributed by atoms with Crippen LogP contribution in [-0.2, 0) is 6.54 Å². The van der Waals surface area contributed by atoms with Gasteiger partial charge in [0, 0.05) is 10.0 Å². The van der Waals surface area contributed by atoms with Crippen LogP contribution in [0, 0.1) is 0 Å². The summed E-state index contributed by atoms with van der Waals surface area (Å²) in [6, 6.07) is 12.8. The molecule has 1 N–H and O–H groups in total. The smallest absolute Gasteiger partial charge is 0.306 e. The van der Waals surface area contributed by atoms with Crippen LogP contribution in [0.15, 0.2) is 47.3 Å². The maximum atomic E-state index is 12.0. The summed E-state index contributed by atoms with van der Waals surface area (Å²) in [6.07, 6.45) is 0. The third-order valence-electron chi connectivity index (χ3n) is 2.97. The second-order valence-electron chi connectivity index (χ2n) is 4.31. The van der Waals surface area contributed by atoms with Crippen LogP contribution < -0.4 is 5.69 Å². The number of aromatic nitrogens is 2. The van der Waals surface area contributed by atoms with E-state index in [1.807, 2.05) is 18.2 Å². The van der Waals surface area contributed by atoms with Gasteiger partial charge in [-0.15, -0.1) is 0 Å². The van der Waals surface area contributed by atoms with Crippen molar-refractivity contribution in [2.75, 3.05) is 0 Å². The predicted octanol–water partition coefficient (Wildman–Crippen LogP) is 3.68. The van der Waals surface area contributed by atoms with Crippen molar-refractivity contribution in [3.63, 3.8) is 0 Å². The molecule has 3 aromatic rings. The second kappa shape index (κ2) is 4.76. The molecule has 0 saturated heterocycles. The first-order valence-corrected chi connectivity index (χ1v) is 6.51. The van der Waals surface area contributed by atoms with E-state index in [-0.39, 0.29) is 5.69 Å². The van der Waals surface area contributed by atoms with Gasteiger partial charge in [-0.3, -0.25) is 4.57 Å². The van der Waals surface area contributed by atoms with Gasteiger partial charge < -0.3 is 4.98 Å². The zero-order valence-electron chi connectivity index (χ0n) is 9.86. The van der Waals surface area contributed by atoms with Crippen molar-refractivity contribution in [3.05, 3.63) is 68.6 Å². The number of halogens is 2. The second-order valence-corrected chi connectivity index (χ2v) is 5.18. The Morgan fingerprint density at radius 3 is 2.63 bits per heavy atom. The molecule has 5 heteroatoms. The molecule has 0 radical (unpaired) electrons. The van der Waals surface area contributed by atoms with Crippen molar-refractivity contribution < 1.29 is 0 Å². The lowest BCUT2D eigenvalue weighted by atomic mass is 10.2. The molecule has 0 fully saturated rings. The molecule has 0 atom stereocenters. The fourth-order valence-electron chi connectivity index (χ4n) is 2.10. The largest absolute Gasteiger partial charge is 0.326 e. The van der Waals surface area contributed by atoms with Gasteiger partial charge >= 0.3 is 5.69 Å². The Bertz CT molecular complexity index is 805. The average Bonchev–Trinajstić information content (AvgIpc) is 2.66. The van der Waals surface area contributed by atoms with E-state index in [1.165, 1.54) is 0 Å². The molecule has 3 rings (SSSR count). The highest BCUT2D eigenvalue weighted by molar-refractivity contribution is 6.31. The van der Waals surface area contributed by atoms with Gasteiger partial charge in [0.1, 0.15) is 0 Å². The molecule has 0 aliphatic carbocycles. The topological polar surface area (TPSA) is 37.8 Å². The number of nitrogens with one attached hydrogen (secondary N) is 1. The highest BCUT2D eigenvalue weighted by atomic mass is 35.5. The Morgan fingerprint density at radius 1 is 1.05 bits per heavy atom. The number of rotatable bonds is 2. The number of H-pyrrole nitrogens is 1. The first kappa shape index (κ1) is 12.3. The van der Waals surface area contributed by atoms with Crippen LogP contribution in [0.2, 0.25) is 10.0 Å². The summed E-state index contributed by atoms with van der Waals surface area (Å²) in [5, 5.41) is 1.26. The maximum Gasteiger partial charge on any atom is 0.326 e. The zero-order chi connectivity index (χ0) is 13.4. The third kappa shape index (κ3) is 2.39. The minimum absolute atomic E-state index is 0.155. The molecular weight excluding hydrogens is 283 g/mol. The molecule has 0 bridgehead atoms. The molecule has 96 valence electrons. The lowest BCUT2D eigenvalue weighted by molar-refractivity contribution is 0.787. The fourth-order valence-corrected chi connectivity index (χ4v) is 2.48. The molecule has 0 aliphatic rings. The predicted molar refractivity (Wildman–Crippen MR) is 78.1 cm³/mol. The normalized spacial score (nSPS) is 11.1. The van der Waals surface area contributed by atoms with Crippen LogP contribution >= 0.6 is 23.2 Å². The summed E-state index contributed by atoms with van der Waals surface area (Å²) in [5.41, 5.74) is 2.38. The Labute approximate surface area is 119 Å². The average molecular weight is 293 g/mol. The molecule has 0 saturated carbocycles. The molecule has 2 aromatic carbocycles. The van der Waals surface area contributed by atoms with Crippen molar-refractivity contribution in [3.8, 4) is 0 Å². The quantitative estimate of drug-likeness (QED) is 0.769. The van der Waals surface area contributed by atoms with E-state index < -0.39 is 0 Å². The molecular formula is C14H10Cl2N2O. The highest BCUT2D eigenvalue weighted by Gasteiger charge is 2.07. The molecule has 0 unspecified atom stereocenters. The Morgan fingerprint density at radius 2 is 1.84 bits per heavy atom. The van der Waals surface area contributed by atoms with E-state index in [9.17, 15) is 4.79 Å². The molecule has 0 aliphatic heterocycles. The van der Waals surface area contributed by atoms with Crippen LogP contribution in [0.1, 0.15) is 5.56 Å². The first-order valence-electron chi connectivity index (χ1n) is 5.76. The summed E-state index contributed by atoms with van der Waals surface area (Å²) in [7, 11) is 0. The van der Waals surface area contributed by atoms with E-state index >= 15 is 0 Å². The van der Waals surface area contributed by atoms with E-state index in [0.717, 1.165) is 16.6 Å². The summed E-state index contributed by atoms with van der Waals surface area (Å²) in [6.45, 7) is 0.458. The van der Waals surface area contributed by atoms with Crippen LogP contribution in [-0.4, -0.2) is 9.55 Å². The van der Waals surface area contributed by atoms with Gasteiger partial charge in [0.05, 0.1) is 17.6 Å². The molecule has 3 nitrogen and oxygen atoms in total. The molecule has 1 heterocycles. The molecule has 0 amide bonds. The number of imidazole rings is 1. The summed E-state index contributed by atoms with van der Waals surface area (Å²) >= 11 is 11.9. The number of nitrogens with zero attached hydrogens (tertiary/aromatic N) is 1. The Balaban J connectivity index is 2.12. The molecule has 19 heavy (non-hydrogen) atoms.